The van der Waals surface area contributed by atoms with Gasteiger partial charge in [0.1, 0.15) is 5.01 Å². The first-order valence-corrected chi connectivity index (χ1v) is 7.82. The van der Waals surface area contributed by atoms with Gasteiger partial charge in [-0.05, 0) is 36.6 Å². The second kappa shape index (κ2) is 5.42. The van der Waals surface area contributed by atoms with Gasteiger partial charge < -0.3 is 9.47 Å². The molecule has 2 heterocycles. The molecule has 22 heavy (non-hydrogen) atoms. The van der Waals surface area contributed by atoms with Gasteiger partial charge in [-0.3, -0.25) is 10.1 Å². The van der Waals surface area contributed by atoms with Crippen molar-refractivity contribution < 1.29 is 14.3 Å². The van der Waals surface area contributed by atoms with Gasteiger partial charge >= 0.3 is 0 Å². The normalized spacial score (nSPS) is 16.2. The zero-order chi connectivity index (χ0) is 14.9. The van der Waals surface area contributed by atoms with Crippen LogP contribution in [0.5, 0.6) is 11.5 Å². The van der Waals surface area contributed by atoms with Gasteiger partial charge in [0.05, 0.1) is 0 Å². The number of anilines is 1. The predicted molar refractivity (Wildman–Crippen MR) is 82.1 cm³/mol. The maximum absolute atomic E-state index is 11.9. The van der Waals surface area contributed by atoms with E-state index in [4.69, 9.17) is 9.47 Å². The Morgan fingerprint density at radius 3 is 3.00 bits per heavy atom. The largest absolute Gasteiger partial charge is 0.454 e. The molecule has 0 spiro atoms. The van der Waals surface area contributed by atoms with Crippen LogP contribution in [0.15, 0.2) is 24.3 Å². The third-order valence-corrected chi connectivity index (χ3v) is 4.42. The van der Waals surface area contributed by atoms with E-state index in [-0.39, 0.29) is 12.7 Å². The Morgan fingerprint density at radius 1 is 1.27 bits per heavy atom. The summed E-state index contributed by atoms with van der Waals surface area (Å²) in [5.41, 5.74) is 0.871. The fourth-order valence-electron chi connectivity index (χ4n) is 2.12. The number of hydrogen-bond donors (Lipinski definition) is 1. The lowest BCUT2D eigenvalue weighted by atomic mass is 10.2. The van der Waals surface area contributed by atoms with Crippen LogP contribution in [0.2, 0.25) is 0 Å². The number of amides is 1. The summed E-state index contributed by atoms with van der Waals surface area (Å²) in [5, 5.41) is 12.4. The SMILES string of the molecule is O=C(C=Cc1ccc2c(c1)OCO2)Nc1nnc(C2CC2)s1. The van der Waals surface area contributed by atoms with Crippen LogP contribution in [0, 0.1) is 0 Å². The number of carbonyl (C=O) groups excluding carboxylic acids is 1. The van der Waals surface area contributed by atoms with Gasteiger partial charge in [0, 0.05) is 12.0 Å². The van der Waals surface area contributed by atoms with Crippen molar-refractivity contribution in [1.82, 2.24) is 10.2 Å². The van der Waals surface area contributed by atoms with Gasteiger partial charge in [-0.15, -0.1) is 10.2 Å². The number of fused-ring (bicyclic) bond motifs is 1. The van der Waals surface area contributed by atoms with Crippen LogP contribution < -0.4 is 14.8 Å². The highest BCUT2D eigenvalue weighted by Gasteiger charge is 2.27. The number of nitrogens with one attached hydrogen (secondary N) is 1. The third-order valence-electron chi connectivity index (χ3n) is 3.42. The average Bonchev–Trinajstić information content (AvgIpc) is 3.08. The van der Waals surface area contributed by atoms with Crippen molar-refractivity contribution >= 4 is 28.5 Å². The number of aromatic nitrogens is 2. The van der Waals surface area contributed by atoms with Gasteiger partial charge in [-0.25, -0.2) is 0 Å². The minimum absolute atomic E-state index is 0.226. The zero-order valence-corrected chi connectivity index (χ0v) is 12.4. The molecule has 1 N–H and O–H groups in total. The van der Waals surface area contributed by atoms with Crippen LogP contribution in [0.3, 0.4) is 0 Å². The molecule has 4 rings (SSSR count). The van der Waals surface area contributed by atoms with Crippen LogP contribution in [-0.4, -0.2) is 22.9 Å². The minimum atomic E-state index is -0.226. The summed E-state index contributed by atoms with van der Waals surface area (Å²) in [6.07, 6.45) is 5.54. The molecule has 2 aliphatic rings. The third kappa shape index (κ3) is 2.80. The number of rotatable bonds is 4. The maximum Gasteiger partial charge on any atom is 0.250 e. The summed E-state index contributed by atoms with van der Waals surface area (Å²) < 4.78 is 10.5. The molecule has 0 atom stereocenters. The minimum Gasteiger partial charge on any atom is -0.454 e. The molecule has 7 heteroatoms. The maximum atomic E-state index is 11.9. The zero-order valence-electron chi connectivity index (χ0n) is 11.6. The van der Waals surface area contributed by atoms with Crippen molar-refractivity contribution in [2.75, 3.05) is 12.1 Å². The molecule has 112 valence electrons. The highest BCUT2D eigenvalue weighted by Crippen LogP contribution is 2.42. The van der Waals surface area contributed by atoms with Crippen LogP contribution in [0.25, 0.3) is 6.08 Å². The van der Waals surface area contributed by atoms with Crippen molar-refractivity contribution in [2.24, 2.45) is 0 Å². The van der Waals surface area contributed by atoms with Crippen LogP contribution in [0.4, 0.5) is 5.13 Å². The van der Waals surface area contributed by atoms with Crippen molar-refractivity contribution in [3.63, 3.8) is 0 Å². The first-order chi connectivity index (χ1) is 10.8. The standard InChI is InChI=1S/C15H13N3O3S/c19-13(16-15-18-17-14(22-15)10-3-4-10)6-2-9-1-5-11-12(7-9)21-8-20-11/h1-2,5-7,10H,3-4,8H2,(H,16,18,19). The van der Waals surface area contributed by atoms with Gasteiger partial charge in [0.2, 0.25) is 17.8 Å². The van der Waals surface area contributed by atoms with E-state index >= 15 is 0 Å². The molecule has 1 aliphatic carbocycles. The topological polar surface area (TPSA) is 73.3 Å². The molecule has 0 unspecified atom stereocenters. The lowest BCUT2D eigenvalue weighted by Gasteiger charge is -1.98. The number of carbonyl (C=O) groups is 1. The molecule has 1 aliphatic heterocycles. The molecule has 0 saturated heterocycles. The fourth-order valence-corrected chi connectivity index (χ4v) is 3.03. The number of ether oxygens (including phenoxy) is 2. The van der Waals surface area contributed by atoms with Gasteiger partial charge in [-0.2, -0.15) is 0 Å². The molecule has 1 aromatic heterocycles. The fraction of sp³-hybridized carbons (Fsp3) is 0.267. The molecule has 1 amide bonds. The van der Waals surface area contributed by atoms with E-state index in [0.29, 0.717) is 16.8 Å². The summed E-state index contributed by atoms with van der Waals surface area (Å²) in [6.45, 7) is 0.239. The van der Waals surface area contributed by atoms with Crippen molar-refractivity contribution in [3.05, 3.63) is 34.8 Å². The monoisotopic (exact) mass is 315 g/mol. The van der Waals surface area contributed by atoms with E-state index in [1.54, 1.807) is 6.08 Å². The van der Waals surface area contributed by atoms with E-state index in [0.717, 1.165) is 16.3 Å². The summed E-state index contributed by atoms with van der Waals surface area (Å²) in [7, 11) is 0. The number of hydrogen-bond acceptors (Lipinski definition) is 6. The smallest absolute Gasteiger partial charge is 0.250 e. The second-order valence-electron chi connectivity index (χ2n) is 5.16. The lowest BCUT2D eigenvalue weighted by molar-refractivity contribution is -0.111. The van der Waals surface area contributed by atoms with Crippen molar-refractivity contribution in [3.8, 4) is 11.5 Å². The average molecular weight is 315 g/mol. The van der Waals surface area contributed by atoms with Gasteiger partial charge in [-0.1, -0.05) is 17.4 Å². The molecule has 1 fully saturated rings. The van der Waals surface area contributed by atoms with E-state index in [2.05, 4.69) is 15.5 Å². The number of nitrogens with zero attached hydrogens (tertiary/aromatic N) is 2. The molecule has 6 nitrogen and oxygen atoms in total. The van der Waals surface area contributed by atoms with Gasteiger partial charge in [0.25, 0.3) is 0 Å². The quantitative estimate of drug-likeness (QED) is 0.878. The molecule has 0 bridgehead atoms. The Balaban J connectivity index is 1.40. The molecule has 0 radical (unpaired) electrons. The van der Waals surface area contributed by atoms with Crippen LogP contribution in [0.1, 0.15) is 29.3 Å². The summed E-state index contributed by atoms with van der Waals surface area (Å²) >= 11 is 1.45. The lowest BCUT2D eigenvalue weighted by Crippen LogP contribution is -2.07. The molecular formula is C15H13N3O3S. The van der Waals surface area contributed by atoms with Crippen LogP contribution >= 0.6 is 11.3 Å². The predicted octanol–water partition coefficient (Wildman–Crippen LogP) is 2.80. The Hall–Kier alpha value is -2.41. The Kier molecular flexibility index (Phi) is 3.27. The first kappa shape index (κ1) is 13.3. The highest BCUT2D eigenvalue weighted by molar-refractivity contribution is 7.15. The summed E-state index contributed by atoms with van der Waals surface area (Å²) in [5.74, 6) is 1.74. The van der Waals surface area contributed by atoms with E-state index < -0.39 is 0 Å². The highest BCUT2D eigenvalue weighted by atomic mass is 32.1. The molecule has 2 aromatic rings. The molecular weight excluding hydrogens is 302 g/mol. The molecule has 1 aromatic carbocycles. The Morgan fingerprint density at radius 2 is 2.14 bits per heavy atom. The van der Waals surface area contributed by atoms with Crippen molar-refractivity contribution in [2.45, 2.75) is 18.8 Å². The van der Waals surface area contributed by atoms with E-state index in [1.807, 2.05) is 18.2 Å². The summed E-state index contributed by atoms with van der Waals surface area (Å²) in [6, 6.07) is 5.53. The van der Waals surface area contributed by atoms with E-state index in [1.165, 1.54) is 30.3 Å². The number of benzene rings is 1. The second-order valence-corrected chi connectivity index (χ2v) is 6.16. The van der Waals surface area contributed by atoms with Crippen LogP contribution in [-0.2, 0) is 4.79 Å². The first-order valence-electron chi connectivity index (χ1n) is 7.00. The summed E-state index contributed by atoms with van der Waals surface area (Å²) in [4.78, 5) is 11.9. The van der Waals surface area contributed by atoms with Gasteiger partial charge in [0.15, 0.2) is 11.5 Å². The van der Waals surface area contributed by atoms with Crippen molar-refractivity contribution in [1.29, 1.82) is 0 Å². The Labute approximate surface area is 130 Å². The molecule has 1 saturated carbocycles. The Bertz CT molecular complexity index is 752. The van der Waals surface area contributed by atoms with E-state index in [9.17, 15) is 4.79 Å².